The van der Waals surface area contributed by atoms with Gasteiger partial charge in [0.1, 0.15) is 12.0 Å². The molecule has 0 saturated carbocycles. The second-order valence-electron chi connectivity index (χ2n) is 7.41. The van der Waals surface area contributed by atoms with Crippen molar-refractivity contribution in [2.45, 2.75) is 37.9 Å². The van der Waals surface area contributed by atoms with Gasteiger partial charge in [0.05, 0.1) is 13.0 Å². The van der Waals surface area contributed by atoms with Crippen LogP contribution in [0.15, 0.2) is 12.1 Å². The van der Waals surface area contributed by atoms with Gasteiger partial charge in [-0.15, -0.1) is 0 Å². The summed E-state index contributed by atoms with van der Waals surface area (Å²) in [6.45, 7) is 0.675. The molecule has 0 bridgehead atoms. The van der Waals surface area contributed by atoms with Crippen molar-refractivity contribution in [3.8, 4) is 0 Å². The van der Waals surface area contributed by atoms with Gasteiger partial charge in [0.2, 0.25) is 5.91 Å². The van der Waals surface area contributed by atoms with E-state index in [1.165, 1.54) is 4.90 Å². The molecule has 150 valence electrons. The summed E-state index contributed by atoms with van der Waals surface area (Å²) in [6.07, 6.45) is -0.389. The number of likely N-dealkylation sites (tertiary alicyclic amines) is 1. The van der Waals surface area contributed by atoms with Crippen molar-refractivity contribution >= 4 is 18.1 Å². The van der Waals surface area contributed by atoms with Gasteiger partial charge in [-0.25, -0.2) is 17.6 Å². The SMILES string of the molecule is Cn1c(CC(=O)N2CCC(F)C2)c2n(c1=S)CC(c1c(F)ccc(F)c1F)C2. The molecule has 0 N–H and O–H groups in total. The van der Waals surface area contributed by atoms with Crippen LogP contribution < -0.4 is 0 Å². The van der Waals surface area contributed by atoms with Crippen LogP contribution in [0.5, 0.6) is 0 Å². The molecule has 1 aromatic carbocycles. The zero-order valence-corrected chi connectivity index (χ0v) is 16.0. The number of halogens is 4. The summed E-state index contributed by atoms with van der Waals surface area (Å²) >= 11 is 5.42. The van der Waals surface area contributed by atoms with Crippen molar-refractivity contribution in [2.75, 3.05) is 13.1 Å². The molecule has 1 aromatic heterocycles. The second kappa shape index (κ2) is 7.02. The summed E-state index contributed by atoms with van der Waals surface area (Å²) in [7, 11) is 1.73. The molecule has 0 spiro atoms. The highest BCUT2D eigenvalue weighted by Crippen LogP contribution is 2.36. The first-order chi connectivity index (χ1) is 13.3. The van der Waals surface area contributed by atoms with Crippen molar-refractivity contribution in [3.63, 3.8) is 0 Å². The predicted molar refractivity (Wildman–Crippen MR) is 96.8 cm³/mol. The molecular weight excluding hydrogens is 394 g/mol. The van der Waals surface area contributed by atoms with Gasteiger partial charge in [-0.05, 0) is 37.2 Å². The Kier molecular flexibility index (Phi) is 4.81. The fourth-order valence-corrected chi connectivity index (χ4v) is 4.52. The first-order valence-corrected chi connectivity index (χ1v) is 9.51. The number of nitrogens with zero attached hydrogens (tertiary/aromatic N) is 3. The first-order valence-electron chi connectivity index (χ1n) is 9.10. The minimum atomic E-state index is -1.19. The fourth-order valence-electron chi connectivity index (χ4n) is 4.23. The molecule has 4 nitrogen and oxygen atoms in total. The Morgan fingerprint density at radius 2 is 1.93 bits per heavy atom. The van der Waals surface area contributed by atoms with Crippen molar-refractivity contribution < 1.29 is 22.4 Å². The van der Waals surface area contributed by atoms with Gasteiger partial charge in [0.15, 0.2) is 16.4 Å². The molecule has 2 unspecified atom stereocenters. The lowest BCUT2D eigenvalue weighted by atomic mass is 9.95. The van der Waals surface area contributed by atoms with Gasteiger partial charge in [0.25, 0.3) is 0 Å². The Morgan fingerprint density at radius 1 is 1.21 bits per heavy atom. The third-order valence-electron chi connectivity index (χ3n) is 5.71. The number of amides is 1. The minimum absolute atomic E-state index is 0.0377. The van der Waals surface area contributed by atoms with E-state index in [1.807, 2.05) is 0 Å². The molecule has 28 heavy (non-hydrogen) atoms. The molecular formula is C19H19F4N3OS. The summed E-state index contributed by atoms with van der Waals surface area (Å²) in [4.78, 5) is 14.0. The van der Waals surface area contributed by atoms with Gasteiger partial charge in [-0.1, -0.05) is 0 Å². The van der Waals surface area contributed by atoms with Crippen LogP contribution in [0, 0.1) is 22.2 Å². The highest BCUT2D eigenvalue weighted by molar-refractivity contribution is 7.71. The molecule has 9 heteroatoms. The number of alkyl halides is 1. The number of carbonyl (C=O) groups excluding carboxylic acids is 1. The van der Waals surface area contributed by atoms with Gasteiger partial charge < -0.3 is 14.0 Å². The molecule has 1 amide bonds. The van der Waals surface area contributed by atoms with Gasteiger partial charge in [-0.2, -0.15) is 0 Å². The van der Waals surface area contributed by atoms with Gasteiger partial charge in [-0.3, -0.25) is 4.79 Å². The third kappa shape index (κ3) is 3.05. The van der Waals surface area contributed by atoms with E-state index in [-0.39, 0.29) is 37.4 Å². The summed E-state index contributed by atoms with van der Waals surface area (Å²) in [5.74, 6) is -3.89. The fraction of sp³-hybridized carbons (Fsp3) is 0.474. The number of aromatic nitrogens is 2. The van der Waals surface area contributed by atoms with Crippen molar-refractivity contribution in [1.82, 2.24) is 14.0 Å². The first kappa shape index (κ1) is 19.2. The lowest BCUT2D eigenvalue weighted by Gasteiger charge is -2.16. The Bertz CT molecular complexity index is 1020. The van der Waals surface area contributed by atoms with E-state index in [2.05, 4.69) is 0 Å². The number of hydrogen-bond acceptors (Lipinski definition) is 2. The number of benzene rings is 1. The zero-order valence-electron chi connectivity index (χ0n) is 15.2. The van der Waals surface area contributed by atoms with E-state index in [1.54, 1.807) is 16.2 Å². The van der Waals surface area contributed by atoms with Crippen LogP contribution in [0.1, 0.15) is 29.3 Å². The van der Waals surface area contributed by atoms with E-state index in [0.29, 0.717) is 29.1 Å². The summed E-state index contributed by atoms with van der Waals surface area (Å²) in [5.41, 5.74) is 1.07. The van der Waals surface area contributed by atoms with E-state index in [0.717, 1.165) is 12.1 Å². The Morgan fingerprint density at radius 3 is 2.61 bits per heavy atom. The molecule has 1 fully saturated rings. The van der Waals surface area contributed by atoms with Crippen LogP contribution in [0.25, 0.3) is 0 Å². The van der Waals surface area contributed by atoms with Crippen LogP contribution in [0.4, 0.5) is 17.6 Å². The number of carbonyl (C=O) groups is 1. The number of imidazole rings is 1. The van der Waals surface area contributed by atoms with Crippen LogP contribution in [-0.4, -0.2) is 39.2 Å². The Labute approximate surface area is 164 Å². The van der Waals surface area contributed by atoms with Crippen molar-refractivity contribution in [2.24, 2.45) is 7.05 Å². The Balaban J connectivity index is 1.64. The zero-order chi connectivity index (χ0) is 20.2. The average Bonchev–Trinajstić information content (AvgIpc) is 3.33. The smallest absolute Gasteiger partial charge is 0.228 e. The predicted octanol–water partition coefficient (Wildman–Crippen LogP) is 3.43. The van der Waals surface area contributed by atoms with E-state index in [4.69, 9.17) is 12.2 Å². The van der Waals surface area contributed by atoms with Crippen LogP contribution >= 0.6 is 12.2 Å². The molecule has 2 aliphatic rings. The lowest BCUT2D eigenvalue weighted by molar-refractivity contribution is -0.129. The van der Waals surface area contributed by atoms with Crippen LogP contribution in [0.2, 0.25) is 0 Å². The van der Waals surface area contributed by atoms with E-state index < -0.39 is 29.5 Å². The molecule has 2 aromatic rings. The average molecular weight is 413 g/mol. The van der Waals surface area contributed by atoms with Crippen molar-refractivity contribution in [3.05, 3.63) is 51.3 Å². The highest BCUT2D eigenvalue weighted by Gasteiger charge is 2.34. The number of hydrogen-bond donors (Lipinski definition) is 0. The molecule has 0 radical (unpaired) electrons. The maximum atomic E-state index is 14.2. The molecule has 3 heterocycles. The van der Waals surface area contributed by atoms with Gasteiger partial charge in [0, 0.05) is 43.0 Å². The Hall–Kier alpha value is -2.16. The topological polar surface area (TPSA) is 30.2 Å². The summed E-state index contributed by atoms with van der Waals surface area (Å²) in [6, 6.07) is 1.68. The number of rotatable bonds is 3. The standard InChI is InChI=1S/C19H19F4N3OS/c1-24-14(7-16(27)25-5-4-11(20)9-25)15-6-10(8-26(15)19(24)28)17-12(21)2-3-13(22)18(17)23/h2-3,10-11H,4-9H2,1H3. The highest BCUT2D eigenvalue weighted by atomic mass is 32.1. The van der Waals surface area contributed by atoms with Crippen LogP contribution in [0.3, 0.4) is 0 Å². The minimum Gasteiger partial charge on any atom is -0.339 e. The lowest BCUT2D eigenvalue weighted by Crippen LogP contribution is -2.31. The second-order valence-corrected chi connectivity index (χ2v) is 7.77. The van der Waals surface area contributed by atoms with Gasteiger partial charge >= 0.3 is 0 Å². The third-order valence-corrected chi connectivity index (χ3v) is 6.21. The van der Waals surface area contributed by atoms with Crippen molar-refractivity contribution in [1.29, 1.82) is 0 Å². The monoisotopic (exact) mass is 413 g/mol. The molecule has 2 atom stereocenters. The molecule has 4 rings (SSSR count). The maximum Gasteiger partial charge on any atom is 0.228 e. The summed E-state index contributed by atoms with van der Waals surface area (Å²) in [5, 5.41) is 0. The van der Waals surface area contributed by atoms with E-state index in [9.17, 15) is 22.4 Å². The van der Waals surface area contributed by atoms with E-state index >= 15 is 0 Å². The largest absolute Gasteiger partial charge is 0.339 e. The number of fused-ring (bicyclic) bond motifs is 1. The maximum absolute atomic E-state index is 14.2. The molecule has 0 aliphatic carbocycles. The quantitative estimate of drug-likeness (QED) is 0.439. The van der Waals surface area contributed by atoms with Crippen LogP contribution in [-0.2, 0) is 31.2 Å². The normalized spacial score (nSPS) is 21.4. The summed E-state index contributed by atoms with van der Waals surface area (Å²) < 4.78 is 59.3. The molecule has 2 aliphatic heterocycles. The molecule has 1 saturated heterocycles.